The first-order chi connectivity index (χ1) is 18.0. The summed E-state index contributed by atoms with van der Waals surface area (Å²) in [6, 6.07) is 13.2. The van der Waals surface area contributed by atoms with Gasteiger partial charge in [-0.2, -0.15) is 0 Å². The summed E-state index contributed by atoms with van der Waals surface area (Å²) < 4.78 is 9.87. The highest BCUT2D eigenvalue weighted by Crippen LogP contribution is 2.31. The molecule has 2 amide bonds. The van der Waals surface area contributed by atoms with E-state index in [-0.39, 0.29) is 24.1 Å². The number of nitrogens with zero attached hydrogens (tertiary/aromatic N) is 4. The van der Waals surface area contributed by atoms with Crippen LogP contribution in [0.3, 0.4) is 0 Å². The minimum absolute atomic E-state index is 0.0616. The maximum Gasteiger partial charge on any atom is 0.333 e. The van der Waals surface area contributed by atoms with Crippen molar-refractivity contribution in [3.05, 3.63) is 75.7 Å². The van der Waals surface area contributed by atoms with Gasteiger partial charge in [-0.05, 0) is 53.8 Å². The van der Waals surface area contributed by atoms with Gasteiger partial charge in [0.25, 0.3) is 11.8 Å². The van der Waals surface area contributed by atoms with Gasteiger partial charge in [0.2, 0.25) is 0 Å². The zero-order valence-corrected chi connectivity index (χ0v) is 20.9. The fourth-order valence-electron chi connectivity index (χ4n) is 4.36. The largest absolute Gasteiger partial charge is 0.464 e. The molecule has 1 aliphatic heterocycles. The van der Waals surface area contributed by atoms with Crippen molar-refractivity contribution in [2.75, 3.05) is 19.7 Å². The van der Waals surface area contributed by atoms with E-state index < -0.39 is 17.9 Å². The molecule has 0 saturated carbocycles. The van der Waals surface area contributed by atoms with E-state index in [2.05, 4.69) is 20.6 Å². The third-order valence-corrected chi connectivity index (χ3v) is 7.32. The molecule has 1 N–H and O–H groups in total. The maximum atomic E-state index is 13.0. The predicted molar refractivity (Wildman–Crippen MR) is 135 cm³/mol. The lowest BCUT2D eigenvalue weighted by Crippen LogP contribution is -2.38. The van der Waals surface area contributed by atoms with Gasteiger partial charge in [-0.3, -0.25) is 9.59 Å². The molecule has 4 aromatic rings. The van der Waals surface area contributed by atoms with E-state index >= 15 is 0 Å². The predicted octanol–water partition coefficient (Wildman–Crippen LogP) is 3.73. The summed E-state index contributed by atoms with van der Waals surface area (Å²) in [7, 11) is 0. The Hall–Kier alpha value is -4.12. The van der Waals surface area contributed by atoms with Crippen LogP contribution >= 0.6 is 11.3 Å². The lowest BCUT2D eigenvalue weighted by Gasteiger charge is -2.31. The number of thiazole rings is 1. The van der Waals surface area contributed by atoms with Gasteiger partial charge < -0.3 is 15.0 Å². The first kappa shape index (κ1) is 24.6. The monoisotopic (exact) mass is 519 g/mol. The summed E-state index contributed by atoms with van der Waals surface area (Å²) in [5, 5.41) is 12.9. The molecule has 0 aliphatic carbocycles. The Bertz CT molecular complexity index is 1410. The van der Waals surface area contributed by atoms with Crippen molar-refractivity contribution in [1.29, 1.82) is 0 Å². The number of likely N-dealkylation sites (tertiary alicyclic amines) is 1. The zero-order valence-electron chi connectivity index (χ0n) is 20.1. The fraction of sp³-hybridized carbons (Fsp3) is 0.308. The van der Waals surface area contributed by atoms with Gasteiger partial charge in [-0.25, -0.2) is 14.4 Å². The van der Waals surface area contributed by atoms with Crippen LogP contribution < -0.4 is 5.32 Å². The second-order valence-electron chi connectivity index (χ2n) is 8.67. The molecule has 0 radical (unpaired) electrons. The summed E-state index contributed by atoms with van der Waals surface area (Å²) in [6.45, 7) is 3.10. The van der Waals surface area contributed by atoms with Crippen molar-refractivity contribution in [3.63, 3.8) is 0 Å². The van der Waals surface area contributed by atoms with Crippen molar-refractivity contribution in [1.82, 2.24) is 25.5 Å². The second-order valence-corrected chi connectivity index (χ2v) is 9.56. The quantitative estimate of drug-likeness (QED) is 0.366. The van der Waals surface area contributed by atoms with E-state index in [1.54, 1.807) is 54.8 Å². The molecule has 0 spiro atoms. The smallest absolute Gasteiger partial charge is 0.333 e. The van der Waals surface area contributed by atoms with Crippen molar-refractivity contribution in [2.24, 2.45) is 0 Å². The van der Waals surface area contributed by atoms with Gasteiger partial charge in [-0.15, -0.1) is 11.3 Å². The Morgan fingerprint density at radius 3 is 2.62 bits per heavy atom. The standard InChI is InChI=1S/C26H25N5O5S/c1-2-35-26(34)22(16-6-4-3-5-7-16)28-23(32)21-15-37-24(27-21)17-10-12-31(13-11-17)25(33)18-8-9-19-20(14-18)30-36-29-19/h3-9,14-15,17,22H,2,10-13H2,1H3,(H,28,32). The molecule has 1 unspecified atom stereocenters. The average molecular weight is 520 g/mol. The highest BCUT2D eigenvalue weighted by molar-refractivity contribution is 7.09. The van der Waals surface area contributed by atoms with Crippen LogP contribution in [-0.2, 0) is 9.53 Å². The summed E-state index contributed by atoms with van der Waals surface area (Å²) in [5.74, 6) is -0.871. The average Bonchev–Trinajstić information content (AvgIpc) is 3.62. The van der Waals surface area contributed by atoms with E-state index in [9.17, 15) is 14.4 Å². The number of ether oxygens (including phenoxy) is 1. The summed E-state index contributed by atoms with van der Waals surface area (Å²) in [4.78, 5) is 44.8. The molecule has 0 bridgehead atoms. The fourth-order valence-corrected chi connectivity index (χ4v) is 5.33. The molecule has 37 heavy (non-hydrogen) atoms. The van der Waals surface area contributed by atoms with Crippen molar-refractivity contribution < 1.29 is 23.7 Å². The van der Waals surface area contributed by atoms with Gasteiger partial charge in [0.15, 0.2) is 6.04 Å². The Balaban J connectivity index is 1.21. The molecule has 1 saturated heterocycles. The third-order valence-electron chi connectivity index (χ3n) is 6.32. The van der Waals surface area contributed by atoms with Gasteiger partial charge in [-0.1, -0.05) is 30.3 Å². The molecule has 2 aromatic carbocycles. The topological polar surface area (TPSA) is 128 Å². The van der Waals surface area contributed by atoms with Crippen LogP contribution in [0.5, 0.6) is 0 Å². The Kier molecular flexibility index (Phi) is 7.22. The SMILES string of the molecule is CCOC(=O)C(NC(=O)c1csc(C2CCN(C(=O)c3ccc4nonc4c3)CC2)n1)c1ccccc1. The van der Waals surface area contributed by atoms with E-state index in [0.29, 0.717) is 35.2 Å². The van der Waals surface area contributed by atoms with Gasteiger partial charge in [0, 0.05) is 30.0 Å². The minimum Gasteiger partial charge on any atom is -0.464 e. The summed E-state index contributed by atoms with van der Waals surface area (Å²) in [5.41, 5.74) is 2.60. The van der Waals surface area contributed by atoms with Gasteiger partial charge in [0.1, 0.15) is 16.7 Å². The number of nitrogens with one attached hydrogen (secondary N) is 1. The first-order valence-corrected chi connectivity index (χ1v) is 12.9. The third kappa shape index (κ3) is 5.36. The second kappa shape index (κ2) is 10.9. The first-order valence-electron chi connectivity index (χ1n) is 12.0. The number of esters is 1. The highest BCUT2D eigenvalue weighted by atomic mass is 32.1. The molecule has 2 aromatic heterocycles. The molecular weight excluding hydrogens is 494 g/mol. The molecule has 11 heteroatoms. The molecule has 1 fully saturated rings. The maximum absolute atomic E-state index is 13.0. The molecule has 3 heterocycles. The lowest BCUT2D eigenvalue weighted by atomic mass is 9.97. The van der Waals surface area contributed by atoms with E-state index in [1.807, 2.05) is 11.0 Å². The highest BCUT2D eigenvalue weighted by Gasteiger charge is 2.29. The zero-order chi connectivity index (χ0) is 25.8. The minimum atomic E-state index is -0.916. The number of piperidine rings is 1. The van der Waals surface area contributed by atoms with Crippen molar-refractivity contribution in [3.8, 4) is 0 Å². The molecule has 10 nitrogen and oxygen atoms in total. The lowest BCUT2D eigenvalue weighted by molar-refractivity contribution is -0.145. The number of aromatic nitrogens is 3. The molecule has 1 aliphatic rings. The van der Waals surface area contributed by atoms with Gasteiger partial charge in [0.05, 0.1) is 11.6 Å². The van der Waals surface area contributed by atoms with Crippen molar-refractivity contribution >= 4 is 40.2 Å². The summed E-state index contributed by atoms with van der Waals surface area (Å²) in [6.07, 6.45) is 1.48. The molecular formula is C26H25N5O5S. The van der Waals surface area contributed by atoms with Crippen LogP contribution in [-0.4, -0.2) is 57.7 Å². The van der Waals surface area contributed by atoms with Crippen LogP contribution in [0.4, 0.5) is 0 Å². The van der Waals surface area contributed by atoms with Crippen LogP contribution in [0.1, 0.15) is 63.1 Å². The number of rotatable bonds is 7. The van der Waals surface area contributed by atoms with Crippen LogP contribution in [0.15, 0.2) is 58.5 Å². The van der Waals surface area contributed by atoms with Crippen LogP contribution in [0, 0.1) is 0 Å². The van der Waals surface area contributed by atoms with Crippen LogP contribution in [0.2, 0.25) is 0 Å². The Morgan fingerprint density at radius 1 is 1.11 bits per heavy atom. The normalized spacial score (nSPS) is 14.9. The number of benzene rings is 2. The van der Waals surface area contributed by atoms with E-state index in [0.717, 1.165) is 17.8 Å². The Labute approximate surface area is 216 Å². The molecule has 1 atom stereocenters. The Morgan fingerprint density at radius 2 is 1.86 bits per heavy atom. The number of hydrogen-bond acceptors (Lipinski definition) is 9. The van der Waals surface area contributed by atoms with Crippen LogP contribution in [0.25, 0.3) is 11.0 Å². The summed E-state index contributed by atoms with van der Waals surface area (Å²) >= 11 is 1.42. The van der Waals surface area contributed by atoms with E-state index in [4.69, 9.17) is 9.37 Å². The van der Waals surface area contributed by atoms with Crippen molar-refractivity contribution in [2.45, 2.75) is 31.7 Å². The number of fused-ring (bicyclic) bond motifs is 1. The van der Waals surface area contributed by atoms with E-state index in [1.165, 1.54) is 11.3 Å². The number of carbonyl (C=O) groups excluding carboxylic acids is 3. The number of carbonyl (C=O) groups is 3. The molecule has 5 rings (SSSR count). The number of amides is 2. The molecule has 190 valence electrons. The van der Waals surface area contributed by atoms with Gasteiger partial charge >= 0.3 is 5.97 Å². The number of hydrogen-bond donors (Lipinski definition) is 1.